The quantitative estimate of drug-likeness (QED) is 0.836. The molecule has 0 bridgehead atoms. The van der Waals surface area contributed by atoms with Gasteiger partial charge in [0.1, 0.15) is 0 Å². The summed E-state index contributed by atoms with van der Waals surface area (Å²) in [6, 6.07) is 7.34. The molecule has 1 fully saturated rings. The van der Waals surface area contributed by atoms with Crippen molar-refractivity contribution in [3.05, 3.63) is 35.4 Å². The molecule has 1 saturated heterocycles. The van der Waals surface area contributed by atoms with Gasteiger partial charge < -0.3 is 10.5 Å². The third-order valence-corrected chi connectivity index (χ3v) is 4.72. The highest BCUT2D eigenvalue weighted by Gasteiger charge is 2.33. The van der Waals surface area contributed by atoms with Crippen LogP contribution in [0.15, 0.2) is 24.3 Å². The first-order valence-electron chi connectivity index (χ1n) is 6.30. The molecule has 1 aliphatic heterocycles. The van der Waals surface area contributed by atoms with Crippen LogP contribution in [0.2, 0.25) is 0 Å². The minimum atomic E-state index is -3.37. The Bertz CT molecular complexity index is 537. The van der Waals surface area contributed by atoms with Crippen LogP contribution in [0.4, 0.5) is 0 Å². The lowest BCUT2D eigenvalue weighted by atomic mass is 10.0. The van der Waals surface area contributed by atoms with Crippen LogP contribution in [0.1, 0.15) is 24.5 Å². The second kappa shape index (κ2) is 5.58. The van der Waals surface area contributed by atoms with Crippen molar-refractivity contribution in [3.63, 3.8) is 0 Å². The van der Waals surface area contributed by atoms with Gasteiger partial charge in [-0.1, -0.05) is 24.3 Å². The van der Waals surface area contributed by atoms with E-state index in [1.165, 1.54) is 0 Å². The lowest BCUT2D eigenvalue weighted by molar-refractivity contribution is 0.178. The summed E-state index contributed by atoms with van der Waals surface area (Å²) in [5.74, 6) is -0.0313. The maximum absolute atomic E-state index is 12.2. The number of nitrogens with two attached hydrogens (primary N) is 1. The molecule has 1 unspecified atom stereocenters. The fourth-order valence-corrected chi connectivity index (χ4v) is 3.83. The van der Waals surface area contributed by atoms with Crippen LogP contribution in [-0.4, -0.2) is 27.2 Å². The van der Waals surface area contributed by atoms with Crippen molar-refractivity contribution in [2.75, 3.05) is 13.2 Å². The molecule has 0 saturated carbocycles. The van der Waals surface area contributed by atoms with Gasteiger partial charge >= 0.3 is 0 Å². The zero-order chi connectivity index (χ0) is 13.9. The van der Waals surface area contributed by atoms with Crippen LogP contribution < -0.4 is 10.5 Å². The molecule has 0 aromatic heterocycles. The van der Waals surface area contributed by atoms with Gasteiger partial charge in [-0.15, -0.1) is 0 Å². The summed E-state index contributed by atoms with van der Waals surface area (Å²) in [6.45, 7) is 3.30. The summed E-state index contributed by atoms with van der Waals surface area (Å²) in [5, 5.41) is 0. The summed E-state index contributed by atoms with van der Waals surface area (Å²) in [4.78, 5) is 0. The lowest BCUT2D eigenvalue weighted by Crippen LogP contribution is -2.46. The molecule has 19 heavy (non-hydrogen) atoms. The van der Waals surface area contributed by atoms with Crippen molar-refractivity contribution in [1.82, 2.24) is 4.72 Å². The van der Waals surface area contributed by atoms with Gasteiger partial charge in [-0.2, -0.15) is 0 Å². The normalized spacial score (nSPS) is 23.7. The summed E-state index contributed by atoms with van der Waals surface area (Å²) < 4.78 is 32.3. The molecule has 0 aliphatic carbocycles. The molecule has 1 aromatic carbocycles. The van der Waals surface area contributed by atoms with E-state index in [9.17, 15) is 8.42 Å². The average Bonchev–Trinajstić information content (AvgIpc) is 2.74. The van der Waals surface area contributed by atoms with Crippen molar-refractivity contribution in [1.29, 1.82) is 0 Å². The topological polar surface area (TPSA) is 81.4 Å². The fraction of sp³-hybridized carbons (Fsp3) is 0.538. The van der Waals surface area contributed by atoms with Crippen molar-refractivity contribution in [3.8, 4) is 0 Å². The van der Waals surface area contributed by atoms with E-state index in [1.807, 2.05) is 25.1 Å². The van der Waals surface area contributed by atoms with Crippen LogP contribution in [0.5, 0.6) is 0 Å². The van der Waals surface area contributed by atoms with Crippen molar-refractivity contribution < 1.29 is 13.2 Å². The van der Waals surface area contributed by atoms with Gasteiger partial charge in [0.2, 0.25) is 10.0 Å². The third kappa shape index (κ3) is 4.01. The van der Waals surface area contributed by atoms with E-state index in [0.717, 1.165) is 11.1 Å². The molecule has 106 valence electrons. The van der Waals surface area contributed by atoms with E-state index >= 15 is 0 Å². The number of benzene rings is 1. The predicted molar refractivity (Wildman–Crippen MR) is 73.9 cm³/mol. The van der Waals surface area contributed by atoms with Crippen molar-refractivity contribution in [2.45, 2.75) is 31.2 Å². The number of hydrogen-bond donors (Lipinski definition) is 2. The first kappa shape index (κ1) is 14.5. The largest absolute Gasteiger partial charge is 0.379 e. The second-order valence-corrected chi connectivity index (χ2v) is 6.97. The predicted octanol–water partition coefficient (Wildman–Crippen LogP) is 0.744. The van der Waals surface area contributed by atoms with Gasteiger partial charge in [0.25, 0.3) is 0 Å². The van der Waals surface area contributed by atoms with Crippen LogP contribution in [0.3, 0.4) is 0 Å². The minimum Gasteiger partial charge on any atom is -0.379 e. The van der Waals surface area contributed by atoms with Crippen LogP contribution in [0.25, 0.3) is 0 Å². The molecule has 3 N–H and O–H groups in total. The molecule has 0 spiro atoms. The highest BCUT2D eigenvalue weighted by molar-refractivity contribution is 7.88. The van der Waals surface area contributed by atoms with E-state index in [0.29, 0.717) is 26.2 Å². The van der Waals surface area contributed by atoms with E-state index in [1.54, 1.807) is 6.07 Å². The molecule has 1 heterocycles. The molecule has 2 rings (SSSR count). The molecule has 1 aliphatic rings. The molecular weight excluding hydrogens is 264 g/mol. The molecular formula is C13H20N2O3S. The van der Waals surface area contributed by atoms with Crippen molar-refractivity contribution in [2.24, 2.45) is 5.73 Å². The zero-order valence-electron chi connectivity index (χ0n) is 11.1. The first-order chi connectivity index (χ1) is 8.92. The fourth-order valence-electron chi connectivity index (χ4n) is 2.22. The average molecular weight is 284 g/mol. The van der Waals surface area contributed by atoms with Gasteiger partial charge in [-0.3, -0.25) is 0 Å². The molecule has 6 heteroatoms. The molecule has 5 nitrogen and oxygen atoms in total. The molecule has 1 aromatic rings. The van der Waals surface area contributed by atoms with E-state index < -0.39 is 15.6 Å². The lowest BCUT2D eigenvalue weighted by Gasteiger charge is -2.23. The third-order valence-electron chi connectivity index (χ3n) is 3.20. The Morgan fingerprint density at radius 1 is 1.42 bits per heavy atom. The number of hydrogen-bond acceptors (Lipinski definition) is 4. The van der Waals surface area contributed by atoms with Gasteiger partial charge in [0.15, 0.2) is 0 Å². The minimum absolute atomic E-state index is 0.0313. The smallest absolute Gasteiger partial charge is 0.216 e. The Labute approximate surface area is 114 Å². The van der Waals surface area contributed by atoms with E-state index in [2.05, 4.69) is 4.72 Å². The van der Waals surface area contributed by atoms with Gasteiger partial charge in [-0.25, -0.2) is 13.1 Å². The van der Waals surface area contributed by atoms with Gasteiger partial charge in [0, 0.05) is 13.2 Å². The standard InChI is InChI=1S/C13H20N2O3S/c1-13(5-6-18-10-13)15-19(16,17)9-12-4-2-3-11(7-12)8-14/h2-4,7,15H,5-6,8-10,14H2,1H3. The Kier molecular flexibility index (Phi) is 4.25. The highest BCUT2D eigenvalue weighted by atomic mass is 32.2. The van der Waals surface area contributed by atoms with Gasteiger partial charge in [-0.05, 0) is 24.5 Å². The number of nitrogens with one attached hydrogen (secondary N) is 1. The van der Waals surface area contributed by atoms with Crippen LogP contribution in [-0.2, 0) is 27.1 Å². The summed E-state index contributed by atoms with van der Waals surface area (Å²) >= 11 is 0. The highest BCUT2D eigenvalue weighted by Crippen LogP contribution is 2.20. The van der Waals surface area contributed by atoms with Crippen LogP contribution in [0, 0.1) is 0 Å². The SMILES string of the molecule is CC1(NS(=O)(=O)Cc2cccc(CN)c2)CCOC1. The first-order valence-corrected chi connectivity index (χ1v) is 7.95. The van der Waals surface area contributed by atoms with Gasteiger partial charge in [0.05, 0.1) is 17.9 Å². The molecule has 1 atom stereocenters. The van der Waals surface area contributed by atoms with E-state index in [-0.39, 0.29) is 5.75 Å². The maximum atomic E-state index is 12.2. The van der Waals surface area contributed by atoms with Crippen molar-refractivity contribution >= 4 is 10.0 Å². The maximum Gasteiger partial charge on any atom is 0.216 e. The molecule has 0 radical (unpaired) electrons. The van der Waals surface area contributed by atoms with E-state index in [4.69, 9.17) is 10.5 Å². The Morgan fingerprint density at radius 2 is 2.16 bits per heavy atom. The summed E-state index contributed by atoms with van der Waals surface area (Å²) in [5.41, 5.74) is 6.75. The second-order valence-electron chi connectivity index (χ2n) is 5.25. The van der Waals surface area contributed by atoms with Crippen LogP contribution >= 0.6 is 0 Å². The Balaban J connectivity index is 2.08. The number of rotatable bonds is 5. The number of ether oxygens (including phenoxy) is 1. The Hall–Kier alpha value is -0.950. The molecule has 0 amide bonds. The zero-order valence-corrected chi connectivity index (χ0v) is 11.9. The monoisotopic (exact) mass is 284 g/mol. The number of sulfonamides is 1. The Morgan fingerprint density at radius 3 is 2.79 bits per heavy atom. The summed E-state index contributed by atoms with van der Waals surface area (Å²) in [7, 11) is -3.37. The summed E-state index contributed by atoms with van der Waals surface area (Å²) in [6.07, 6.45) is 0.703.